The van der Waals surface area contributed by atoms with E-state index in [1.54, 1.807) is 7.11 Å². The van der Waals surface area contributed by atoms with Gasteiger partial charge in [-0.1, -0.05) is 0 Å². The van der Waals surface area contributed by atoms with Gasteiger partial charge in [-0.3, -0.25) is 4.99 Å². The zero-order chi connectivity index (χ0) is 16.8. The van der Waals surface area contributed by atoms with Crippen LogP contribution in [0.15, 0.2) is 4.99 Å². The Bertz CT molecular complexity index is 387. The first-order chi connectivity index (χ1) is 11.8. The number of piperidine rings is 1. The molecule has 5 nitrogen and oxygen atoms in total. The van der Waals surface area contributed by atoms with Crippen molar-refractivity contribution < 1.29 is 9.47 Å². The van der Waals surface area contributed by atoms with E-state index in [-0.39, 0.29) is 0 Å². The molecule has 0 radical (unpaired) electrons. The summed E-state index contributed by atoms with van der Waals surface area (Å²) in [5.41, 5.74) is 0. The summed E-state index contributed by atoms with van der Waals surface area (Å²) in [5.74, 6) is 3.98. The van der Waals surface area contributed by atoms with Gasteiger partial charge < -0.3 is 19.7 Å². The molecule has 0 aromatic rings. The van der Waals surface area contributed by atoms with Gasteiger partial charge in [0.2, 0.25) is 0 Å². The third-order valence-corrected chi connectivity index (χ3v) is 5.75. The van der Waals surface area contributed by atoms with Gasteiger partial charge in [0.25, 0.3) is 0 Å². The number of likely N-dealkylation sites (tertiary alicyclic amines) is 1. The molecule has 138 valence electrons. The lowest BCUT2D eigenvalue weighted by atomic mass is 9.98. The summed E-state index contributed by atoms with van der Waals surface area (Å²) in [5, 5.41) is 3.68. The maximum atomic E-state index is 5.96. The van der Waals surface area contributed by atoms with E-state index in [4.69, 9.17) is 9.47 Å². The van der Waals surface area contributed by atoms with Crippen molar-refractivity contribution in [2.45, 2.75) is 51.0 Å². The van der Waals surface area contributed by atoms with Crippen LogP contribution in [0.25, 0.3) is 0 Å². The highest BCUT2D eigenvalue weighted by Crippen LogP contribution is 2.48. The topological polar surface area (TPSA) is 46.1 Å². The average molecular weight is 338 g/mol. The molecule has 2 aliphatic carbocycles. The predicted octanol–water partition coefficient (Wildman–Crippen LogP) is 2.52. The third-order valence-electron chi connectivity index (χ3n) is 5.75. The number of ether oxygens (including phenoxy) is 2. The molecular weight excluding hydrogens is 302 g/mol. The van der Waals surface area contributed by atoms with E-state index in [9.17, 15) is 0 Å². The monoisotopic (exact) mass is 337 g/mol. The molecule has 0 aromatic carbocycles. The Morgan fingerprint density at radius 3 is 2.29 bits per heavy atom. The smallest absolute Gasteiger partial charge is 0.193 e. The SMILES string of the molecule is CN=C(NCC(C1CC1)C1CC1)N1CCC(OCCCOC)CC1. The molecule has 0 atom stereocenters. The van der Waals surface area contributed by atoms with Gasteiger partial charge >= 0.3 is 0 Å². The van der Waals surface area contributed by atoms with Crippen molar-refractivity contribution in [3.63, 3.8) is 0 Å². The van der Waals surface area contributed by atoms with Gasteiger partial charge in [-0.05, 0) is 62.7 Å². The number of guanidine groups is 1. The first-order valence-electron chi connectivity index (χ1n) is 9.88. The van der Waals surface area contributed by atoms with Crippen LogP contribution in [0.5, 0.6) is 0 Å². The average Bonchev–Trinajstić information content (AvgIpc) is 3.50. The minimum absolute atomic E-state index is 0.405. The van der Waals surface area contributed by atoms with Crippen LogP contribution in [0, 0.1) is 17.8 Å². The van der Waals surface area contributed by atoms with Crippen LogP contribution in [0.1, 0.15) is 44.9 Å². The van der Waals surface area contributed by atoms with Crippen molar-refractivity contribution in [1.82, 2.24) is 10.2 Å². The molecule has 1 aliphatic heterocycles. The van der Waals surface area contributed by atoms with Crippen LogP contribution in [0.4, 0.5) is 0 Å². The van der Waals surface area contributed by atoms with E-state index >= 15 is 0 Å². The zero-order valence-electron chi connectivity index (χ0n) is 15.5. The molecule has 0 bridgehead atoms. The first-order valence-corrected chi connectivity index (χ1v) is 9.88. The highest BCUT2D eigenvalue weighted by Gasteiger charge is 2.41. The molecule has 0 unspecified atom stereocenters. The van der Waals surface area contributed by atoms with Gasteiger partial charge in [-0.15, -0.1) is 0 Å². The molecule has 3 aliphatic rings. The van der Waals surface area contributed by atoms with Crippen molar-refractivity contribution in [3.05, 3.63) is 0 Å². The van der Waals surface area contributed by atoms with Gasteiger partial charge in [0.05, 0.1) is 6.10 Å². The van der Waals surface area contributed by atoms with Gasteiger partial charge in [0, 0.05) is 47.0 Å². The Hall–Kier alpha value is -0.810. The quantitative estimate of drug-likeness (QED) is 0.399. The van der Waals surface area contributed by atoms with Crippen LogP contribution < -0.4 is 5.32 Å². The van der Waals surface area contributed by atoms with Gasteiger partial charge in [0.15, 0.2) is 5.96 Å². The van der Waals surface area contributed by atoms with Crippen molar-refractivity contribution in [1.29, 1.82) is 0 Å². The normalized spacial score (nSPS) is 23.1. The summed E-state index contributed by atoms with van der Waals surface area (Å²) in [4.78, 5) is 6.94. The maximum Gasteiger partial charge on any atom is 0.193 e. The molecule has 3 fully saturated rings. The standard InChI is InChI=1S/C19H35N3O2/c1-20-19(21-14-18(15-4-5-15)16-6-7-16)22-10-8-17(9-11-22)24-13-3-12-23-2/h15-18H,3-14H2,1-2H3,(H,20,21). The molecule has 5 heteroatoms. The second-order valence-corrected chi connectivity index (χ2v) is 7.67. The van der Waals surface area contributed by atoms with E-state index in [1.807, 2.05) is 7.05 Å². The molecular formula is C19H35N3O2. The molecule has 24 heavy (non-hydrogen) atoms. The number of nitrogens with zero attached hydrogens (tertiary/aromatic N) is 2. The van der Waals surface area contributed by atoms with Gasteiger partial charge in [-0.2, -0.15) is 0 Å². The Balaban J connectivity index is 1.36. The lowest BCUT2D eigenvalue weighted by molar-refractivity contribution is 0.00987. The molecule has 0 amide bonds. The molecule has 1 heterocycles. The van der Waals surface area contributed by atoms with E-state index in [1.165, 1.54) is 25.7 Å². The fourth-order valence-corrected chi connectivity index (χ4v) is 4.00. The third kappa shape index (κ3) is 5.35. The van der Waals surface area contributed by atoms with E-state index in [0.717, 1.165) is 75.8 Å². The van der Waals surface area contributed by atoms with Crippen molar-refractivity contribution in [2.24, 2.45) is 22.7 Å². The largest absolute Gasteiger partial charge is 0.385 e. The number of nitrogens with one attached hydrogen (secondary N) is 1. The molecule has 1 N–H and O–H groups in total. The molecule has 1 saturated heterocycles. The summed E-state index contributed by atoms with van der Waals surface area (Å²) in [6.45, 7) is 4.82. The second kappa shape index (κ2) is 9.04. The molecule has 2 saturated carbocycles. The van der Waals surface area contributed by atoms with Gasteiger partial charge in [0.1, 0.15) is 0 Å². The highest BCUT2D eigenvalue weighted by atomic mass is 16.5. The Labute approximate surface area is 147 Å². The number of hydrogen-bond acceptors (Lipinski definition) is 3. The lowest BCUT2D eigenvalue weighted by Crippen LogP contribution is -2.48. The van der Waals surface area contributed by atoms with Crippen LogP contribution in [-0.2, 0) is 9.47 Å². The van der Waals surface area contributed by atoms with Crippen LogP contribution >= 0.6 is 0 Å². The minimum Gasteiger partial charge on any atom is -0.385 e. The Morgan fingerprint density at radius 1 is 1.08 bits per heavy atom. The van der Waals surface area contributed by atoms with Crippen molar-refractivity contribution in [2.75, 3.05) is 47.0 Å². The lowest BCUT2D eigenvalue weighted by Gasteiger charge is -2.34. The van der Waals surface area contributed by atoms with Crippen LogP contribution in [0.2, 0.25) is 0 Å². The number of aliphatic imine (C=N–C) groups is 1. The molecule has 0 aromatic heterocycles. The summed E-state index contributed by atoms with van der Waals surface area (Å²) >= 11 is 0. The van der Waals surface area contributed by atoms with Gasteiger partial charge in [-0.25, -0.2) is 0 Å². The van der Waals surface area contributed by atoms with E-state index < -0.39 is 0 Å². The van der Waals surface area contributed by atoms with Crippen molar-refractivity contribution >= 4 is 5.96 Å². The zero-order valence-corrected chi connectivity index (χ0v) is 15.5. The first kappa shape index (κ1) is 18.0. The predicted molar refractivity (Wildman–Crippen MR) is 97.3 cm³/mol. The second-order valence-electron chi connectivity index (χ2n) is 7.67. The summed E-state index contributed by atoms with van der Waals surface area (Å²) in [6, 6.07) is 0. The van der Waals surface area contributed by atoms with E-state index in [2.05, 4.69) is 15.2 Å². The Morgan fingerprint density at radius 2 is 1.75 bits per heavy atom. The summed E-state index contributed by atoms with van der Waals surface area (Å²) in [6.07, 6.45) is 9.40. The number of rotatable bonds is 9. The molecule has 0 spiro atoms. The van der Waals surface area contributed by atoms with Crippen molar-refractivity contribution in [3.8, 4) is 0 Å². The highest BCUT2D eigenvalue weighted by molar-refractivity contribution is 5.80. The molecule has 3 rings (SSSR count). The summed E-state index contributed by atoms with van der Waals surface area (Å²) < 4.78 is 11.0. The summed E-state index contributed by atoms with van der Waals surface area (Å²) in [7, 11) is 3.66. The number of methoxy groups -OCH3 is 1. The van der Waals surface area contributed by atoms with E-state index in [0.29, 0.717) is 6.10 Å². The fraction of sp³-hybridized carbons (Fsp3) is 0.947. The Kier molecular flexibility index (Phi) is 6.78. The number of hydrogen-bond donors (Lipinski definition) is 1. The van der Waals surface area contributed by atoms with Crippen LogP contribution in [-0.4, -0.2) is 64.0 Å². The minimum atomic E-state index is 0.405. The maximum absolute atomic E-state index is 5.96. The fourth-order valence-electron chi connectivity index (χ4n) is 4.00. The van der Waals surface area contributed by atoms with Crippen LogP contribution in [0.3, 0.4) is 0 Å².